The number of aromatic nitrogens is 3. The molecule has 1 aliphatic carbocycles. The average Bonchev–Trinajstić information content (AvgIpc) is 3.40. The molecule has 0 saturated carbocycles. The summed E-state index contributed by atoms with van der Waals surface area (Å²) >= 11 is 7.12. The third kappa shape index (κ3) is 2.61. The average molecular weight is 430 g/mol. The summed E-state index contributed by atoms with van der Waals surface area (Å²) in [4.78, 5) is 24.3. The lowest BCUT2D eigenvalue weighted by atomic mass is 10.2. The van der Waals surface area contributed by atoms with Crippen LogP contribution in [0.5, 0.6) is 0 Å². The van der Waals surface area contributed by atoms with Crippen LogP contribution in [-0.4, -0.2) is 26.0 Å². The molecule has 2 aliphatic rings. The minimum absolute atomic E-state index is 0.0253. The monoisotopic (exact) mass is 429 g/mol. The Morgan fingerprint density at radius 2 is 2.11 bits per heavy atom. The summed E-state index contributed by atoms with van der Waals surface area (Å²) in [6.07, 6.45) is 3.31. The van der Waals surface area contributed by atoms with Crippen LogP contribution in [-0.2, 0) is 12.8 Å². The highest BCUT2D eigenvalue weighted by Gasteiger charge is 2.30. The zero-order chi connectivity index (χ0) is 18.0. The second kappa shape index (κ2) is 6.34. The molecule has 8 heteroatoms. The zero-order valence-corrected chi connectivity index (χ0v) is 17.6. The predicted octanol–water partition coefficient (Wildman–Crippen LogP) is 5.00. The van der Waals surface area contributed by atoms with Crippen LogP contribution < -0.4 is 5.56 Å². The molecule has 136 valence electrons. The van der Waals surface area contributed by atoms with E-state index in [2.05, 4.69) is 27.8 Å². The minimum Gasteiger partial charge on any atom is -0.307 e. The molecule has 0 saturated heterocycles. The SMILES string of the molecule is O=c1nc2n(c3sc4c(c13)CCC4)C(CSc1nc3ccccc3s1)CS2. The number of hydrogen-bond acceptors (Lipinski definition) is 7. The van der Waals surface area contributed by atoms with E-state index in [1.807, 2.05) is 29.2 Å². The Morgan fingerprint density at radius 3 is 3.04 bits per heavy atom. The van der Waals surface area contributed by atoms with Crippen LogP contribution in [0.4, 0.5) is 0 Å². The largest absolute Gasteiger partial charge is 0.307 e. The number of thiazole rings is 1. The van der Waals surface area contributed by atoms with Gasteiger partial charge in [0.1, 0.15) is 4.83 Å². The van der Waals surface area contributed by atoms with E-state index in [1.54, 1.807) is 23.1 Å². The van der Waals surface area contributed by atoms with Crippen molar-refractivity contribution >= 4 is 66.6 Å². The molecule has 1 aliphatic heterocycles. The number of fused-ring (bicyclic) bond motifs is 6. The molecule has 1 unspecified atom stereocenters. The van der Waals surface area contributed by atoms with Gasteiger partial charge in [0, 0.05) is 16.4 Å². The van der Waals surface area contributed by atoms with Gasteiger partial charge in [0.05, 0.1) is 21.6 Å². The van der Waals surface area contributed by atoms with Crippen molar-refractivity contribution < 1.29 is 0 Å². The quantitative estimate of drug-likeness (QED) is 0.339. The summed E-state index contributed by atoms with van der Waals surface area (Å²) in [6, 6.07) is 8.66. The highest BCUT2D eigenvalue weighted by Crippen LogP contribution is 2.43. The molecule has 3 aromatic heterocycles. The van der Waals surface area contributed by atoms with E-state index in [0.717, 1.165) is 49.6 Å². The van der Waals surface area contributed by atoms with Crippen molar-refractivity contribution in [2.45, 2.75) is 34.8 Å². The second-order valence-corrected chi connectivity index (χ2v) is 11.2. The van der Waals surface area contributed by atoms with Gasteiger partial charge in [-0.05, 0) is 37.0 Å². The van der Waals surface area contributed by atoms with Gasteiger partial charge in [0.15, 0.2) is 9.50 Å². The predicted molar refractivity (Wildman–Crippen MR) is 116 cm³/mol. The molecule has 1 atom stereocenters. The van der Waals surface area contributed by atoms with Gasteiger partial charge in [0.25, 0.3) is 5.56 Å². The van der Waals surface area contributed by atoms with Crippen molar-refractivity contribution in [2.75, 3.05) is 11.5 Å². The Bertz CT molecular complexity index is 1220. The molecule has 6 rings (SSSR count). The topological polar surface area (TPSA) is 47.8 Å². The Kier molecular flexibility index (Phi) is 3.89. The van der Waals surface area contributed by atoms with Crippen molar-refractivity contribution in [2.24, 2.45) is 0 Å². The van der Waals surface area contributed by atoms with Crippen LogP contribution in [0, 0.1) is 0 Å². The third-order valence-electron chi connectivity index (χ3n) is 5.18. The van der Waals surface area contributed by atoms with Crippen molar-refractivity contribution in [3.8, 4) is 0 Å². The maximum Gasteiger partial charge on any atom is 0.282 e. The molecule has 0 amide bonds. The fraction of sp³-hybridized carbons (Fsp3) is 0.316. The Labute approximate surface area is 172 Å². The van der Waals surface area contributed by atoms with Crippen LogP contribution in [0.1, 0.15) is 22.9 Å². The summed E-state index contributed by atoms with van der Waals surface area (Å²) in [7, 11) is 0. The molecule has 4 heterocycles. The lowest BCUT2D eigenvalue weighted by molar-refractivity contribution is 0.595. The summed E-state index contributed by atoms with van der Waals surface area (Å²) in [6.45, 7) is 0. The number of para-hydroxylation sites is 1. The molecule has 0 spiro atoms. The molecule has 4 nitrogen and oxygen atoms in total. The fourth-order valence-corrected chi connectivity index (χ4v) is 8.90. The number of nitrogens with zero attached hydrogens (tertiary/aromatic N) is 3. The van der Waals surface area contributed by atoms with E-state index in [9.17, 15) is 4.79 Å². The number of aryl methyl sites for hydroxylation is 2. The molecule has 0 N–H and O–H groups in total. The van der Waals surface area contributed by atoms with Gasteiger partial charge < -0.3 is 4.57 Å². The van der Waals surface area contributed by atoms with Crippen molar-refractivity contribution in [3.63, 3.8) is 0 Å². The van der Waals surface area contributed by atoms with Gasteiger partial charge in [-0.3, -0.25) is 4.79 Å². The molecular formula is C19H15N3OS4. The highest BCUT2D eigenvalue weighted by molar-refractivity contribution is 8.01. The molecule has 0 fully saturated rings. The van der Waals surface area contributed by atoms with Crippen molar-refractivity contribution in [3.05, 3.63) is 45.1 Å². The van der Waals surface area contributed by atoms with E-state index < -0.39 is 0 Å². The molecule has 1 aromatic carbocycles. The Balaban J connectivity index is 1.36. The van der Waals surface area contributed by atoms with Crippen LogP contribution in [0.3, 0.4) is 0 Å². The van der Waals surface area contributed by atoms with E-state index in [0.29, 0.717) is 6.04 Å². The molecule has 0 bridgehead atoms. The van der Waals surface area contributed by atoms with Crippen LogP contribution in [0.2, 0.25) is 0 Å². The first-order valence-corrected chi connectivity index (χ1v) is 12.6. The van der Waals surface area contributed by atoms with Crippen LogP contribution in [0.25, 0.3) is 20.4 Å². The van der Waals surface area contributed by atoms with Gasteiger partial charge in [0.2, 0.25) is 0 Å². The maximum absolute atomic E-state index is 12.6. The zero-order valence-electron chi connectivity index (χ0n) is 14.3. The third-order valence-corrected chi connectivity index (χ3v) is 9.90. The highest BCUT2D eigenvalue weighted by atomic mass is 32.2. The van der Waals surface area contributed by atoms with E-state index in [4.69, 9.17) is 4.98 Å². The summed E-state index contributed by atoms with van der Waals surface area (Å²) in [5.74, 6) is 1.94. The van der Waals surface area contributed by atoms with Crippen molar-refractivity contribution in [1.29, 1.82) is 0 Å². The smallest absolute Gasteiger partial charge is 0.282 e. The number of thioether (sulfide) groups is 2. The van der Waals surface area contributed by atoms with Gasteiger partial charge in [-0.15, -0.1) is 22.7 Å². The van der Waals surface area contributed by atoms with Gasteiger partial charge in [-0.1, -0.05) is 35.7 Å². The number of hydrogen-bond donors (Lipinski definition) is 0. The standard InChI is InChI=1S/C19H15N3OS4/c23-16-15-11-4-3-7-13(11)26-17(15)22-10(8-24-18(22)21-16)9-25-19-20-12-5-1-2-6-14(12)27-19/h1-2,5-6,10H,3-4,7-9H2. The van der Waals surface area contributed by atoms with Crippen LogP contribution in [0.15, 0.2) is 38.6 Å². The summed E-state index contributed by atoms with van der Waals surface area (Å²) in [5.41, 5.74) is 2.33. The lowest BCUT2D eigenvalue weighted by Gasteiger charge is -2.14. The molecular weight excluding hydrogens is 414 g/mol. The molecule has 0 radical (unpaired) electrons. The van der Waals surface area contributed by atoms with E-state index >= 15 is 0 Å². The van der Waals surface area contributed by atoms with Gasteiger partial charge >= 0.3 is 0 Å². The minimum atomic E-state index is -0.0253. The first-order valence-electron chi connectivity index (χ1n) is 8.96. The van der Waals surface area contributed by atoms with Crippen LogP contribution >= 0.6 is 46.2 Å². The van der Waals surface area contributed by atoms with E-state index in [-0.39, 0.29) is 5.56 Å². The summed E-state index contributed by atoms with van der Waals surface area (Å²) < 4.78 is 4.70. The number of thiophene rings is 1. The Hall–Kier alpha value is -1.35. The normalized spacial score (nSPS) is 18.4. The maximum atomic E-state index is 12.6. The fourth-order valence-electron chi connectivity index (χ4n) is 3.94. The van der Waals surface area contributed by atoms with Gasteiger partial charge in [-0.25, -0.2) is 4.98 Å². The van der Waals surface area contributed by atoms with Crippen molar-refractivity contribution in [1.82, 2.24) is 14.5 Å². The lowest BCUT2D eigenvalue weighted by Crippen LogP contribution is -2.17. The van der Waals surface area contributed by atoms with E-state index in [1.165, 1.54) is 21.6 Å². The first kappa shape index (κ1) is 16.6. The molecule has 4 aromatic rings. The number of benzene rings is 1. The second-order valence-electron chi connectivity index (χ2n) is 6.83. The Morgan fingerprint density at radius 1 is 1.19 bits per heavy atom. The van der Waals surface area contributed by atoms with Gasteiger partial charge in [-0.2, -0.15) is 4.98 Å². The molecule has 27 heavy (non-hydrogen) atoms. The summed E-state index contributed by atoms with van der Waals surface area (Å²) in [5, 5.41) is 1.79. The first-order chi connectivity index (χ1) is 13.3. The number of rotatable bonds is 3.